The Labute approximate surface area is 169 Å². The molecule has 0 spiro atoms. The van der Waals surface area contributed by atoms with Crippen LogP contribution in [0.25, 0.3) is 11.0 Å². The fraction of sp³-hybridized carbons (Fsp3) is 0.300. The smallest absolute Gasteiger partial charge is 0.320 e. The number of nitrogens with zero attached hydrogens (tertiary/aromatic N) is 5. The van der Waals surface area contributed by atoms with Gasteiger partial charge in [0.15, 0.2) is 5.65 Å². The molecule has 1 aliphatic heterocycles. The first-order chi connectivity index (χ1) is 14.2. The predicted molar refractivity (Wildman–Crippen MR) is 113 cm³/mol. The Kier molecular flexibility index (Phi) is 5.78. The van der Waals surface area contributed by atoms with E-state index in [0.29, 0.717) is 24.0 Å². The van der Waals surface area contributed by atoms with E-state index < -0.39 is 0 Å². The highest BCUT2D eigenvalue weighted by atomic mass is 16.2. The molecule has 4 rings (SSSR count). The molecule has 0 atom stereocenters. The van der Waals surface area contributed by atoms with Gasteiger partial charge in [-0.3, -0.25) is 5.32 Å². The third kappa shape index (κ3) is 4.41. The highest BCUT2D eigenvalue weighted by Crippen LogP contribution is 2.26. The van der Waals surface area contributed by atoms with E-state index in [-0.39, 0.29) is 6.03 Å². The van der Waals surface area contributed by atoms with Crippen LogP contribution in [0.5, 0.6) is 0 Å². The van der Waals surface area contributed by atoms with Crippen molar-refractivity contribution < 1.29 is 4.79 Å². The highest BCUT2D eigenvalue weighted by Gasteiger charge is 2.23. The molecule has 2 amide bonds. The molecule has 29 heavy (non-hydrogen) atoms. The lowest BCUT2D eigenvalue weighted by Crippen LogP contribution is -2.51. The predicted octanol–water partition coefficient (Wildman–Crippen LogP) is 2.12. The molecule has 3 aromatic rings. The number of hydrazine groups is 1. The van der Waals surface area contributed by atoms with Gasteiger partial charge in [-0.2, -0.15) is 4.98 Å². The van der Waals surface area contributed by atoms with E-state index in [0.717, 1.165) is 37.3 Å². The Morgan fingerprint density at radius 3 is 2.69 bits per heavy atom. The van der Waals surface area contributed by atoms with Gasteiger partial charge in [0.1, 0.15) is 5.82 Å². The van der Waals surface area contributed by atoms with Crippen molar-refractivity contribution >= 4 is 34.5 Å². The van der Waals surface area contributed by atoms with Crippen molar-refractivity contribution in [3.05, 3.63) is 48.7 Å². The minimum Gasteiger partial charge on any atom is -0.338 e. The Balaban J connectivity index is 1.70. The molecule has 1 aliphatic rings. The Hall–Kier alpha value is -3.30. The van der Waals surface area contributed by atoms with Gasteiger partial charge in [0.25, 0.3) is 0 Å². The monoisotopic (exact) mass is 392 g/mol. The van der Waals surface area contributed by atoms with Gasteiger partial charge in [-0.25, -0.2) is 24.8 Å². The second kappa shape index (κ2) is 8.80. The van der Waals surface area contributed by atoms with Crippen molar-refractivity contribution in [1.29, 1.82) is 0 Å². The molecule has 1 aromatic carbocycles. The van der Waals surface area contributed by atoms with Gasteiger partial charge < -0.3 is 10.6 Å². The molecule has 2 aromatic heterocycles. The van der Waals surface area contributed by atoms with Crippen molar-refractivity contribution in [2.75, 3.05) is 43.0 Å². The van der Waals surface area contributed by atoms with E-state index in [4.69, 9.17) is 4.98 Å². The van der Waals surface area contributed by atoms with Gasteiger partial charge in [0.05, 0.1) is 5.69 Å². The van der Waals surface area contributed by atoms with Crippen LogP contribution in [0.3, 0.4) is 0 Å². The zero-order chi connectivity index (χ0) is 20.1. The van der Waals surface area contributed by atoms with Crippen LogP contribution in [-0.4, -0.2) is 58.7 Å². The van der Waals surface area contributed by atoms with E-state index in [9.17, 15) is 4.79 Å². The fourth-order valence-electron chi connectivity index (χ4n) is 3.22. The highest BCUT2D eigenvalue weighted by molar-refractivity contribution is 5.89. The largest absolute Gasteiger partial charge is 0.338 e. The molecule has 3 N–H and O–H groups in total. The number of rotatable bonds is 5. The number of pyridine rings is 1. The van der Waals surface area contributed by atoms with Crippen molar-refractivity contribution in [2.24, 2.45) is 0 Å². The van der Waals surface area contributed by atoms with Gasteiger partial charge >= 0.3 is 6.03 Å². The first-order valence-electron chi connectivity index (χ1n) is 9.74. The third-order valence-corrected chi connectivity index (χ3v) is 4.58. The number of para-hydroxylation sites is 1. The van der Waals surface area contributed by atoms with Gasteiger partial charge in [0, 0.05) is 44.3 Å². The average molecular weight is 392 g/mol. The van der Waals surface area contributed by atoms with Crippen LogP contribution in [-0.2, 0) is 0 Å². The Morgan fingerprint density at radius 2 is 1.93 bits per heavy atom. The average Bonchev–Trinajstić information content (AvgIpc) is 2.75. The first kappa shape index (κ1) is 19.0. The number of fused-ring (bicyclic) bond motifs is 1. The van der Waals surface area contributed by atoms with Crippen LogP contribution in [0.4, 0.5) is 22.2 Å². The molecule has 0 aliphatic carbocycles. The number of anilines is 3. The van der Waals surface area contributed by atoms with Crippen LogP contribution < -0.4 is 21.0 Å². The lowest BCUT2D eigenvalue weighted by Gasteiger charge is -2.37. The Bertz CT molecular complexity index is 975. The minimum absolute atomic E-state index is 0.291. The number of benzene rings is 1. The quantitative estimate of drug-likeness (QED) is 0.612. The summed E-state index contributed by atoms with van der Waals surface area (Å²) in [6, 6.07) is 13.4. The number of urea groups is 1. The molecule has 150 valence electrons. The van der Waals surface area contributed by atoms with E-state index >= 15 is 0 Å². The zero-order valence-electron chi connectivity index (χ0n) is 16.3. The molecule has 0 saturated carbocycles. The lowest BCUT2D eigenvalue weighted by atomic mass is 10.3. The SMILES string of the molecule is CCNC(=O)Nc1ccc2cnc(N(c3ccccc3)N3CCNCC3)nc2n1. The van der Waals surface area contributed by atoms with E-state index in [1.807, 2.05) is 48.3 Å². The molecule has 1 fully saturated rings. The number of nitrogens with one attached hydrogen (secondary N) is 3. The third-order valence-electron chi connectivity index (χ3n) is 4.58. The number of amides is 2. The molecule has 3 heterocycles. The molecule has 9 nitrogen and oxygen atoms in total. The zero-order valence-corrected chi connectivity index (χ0v) is 16.3. The molecular weight excluding hydrogens is 368 g/mol. The van der Waals surface area contributed by atoms with E-state index in [1.165, 1.54) is 0 Å². The summed E-state index contributed by atoms with van der Waals surface area (Å²) in [5.41, 5.74) is 1.52. The van der Waals surface area contributed by atoms with Crippen molar-refractivity contribution in [3.8, 4) is 0 Å². The summed E-state index contributed by atoms with van der Waals surface area (Å²) in [5.74, 6) is 0.995. The number of hydrogen-bond donors (Lipinski definition) is 3. The number of hydrogen-bond acceptors (Lipinski definition) is 7. The number of aromatic nitrogens is 3. The Morgan fingerprint density at radius 1 is 1.14 bits per heavy atom. The molecular formula is C20H24N8O. The number of carbonyl (C=O) groups excluding carboxylic acids is 1. The normalized spacial score (nSPS) is 14.5. The topological polar surface area (TPSA) is 98.3 Å². The van der Waals surface area contributed by atoms with Gasteiger partial charge in [-0.1, -0.05) is 18.2 Å². The standard InChI is InChI=1S/C20H24N8O/c1-2-22-20(29)25-17-9-8-15-14-23-19(26-18(15)24-17)28(16-6-4-3-5-7-16)27-12-10-21-11-13-27/h3-9,14,21H,2,10-13H2,1H3,(H2,22,23,24,25,26,29). The van der Waals surface area contributed by atoms with Crippen LogP contribution in [0.2, 0.25) is 0 Å². The maximum absolute atomic E-state index is 11.8. The fourth-order valence-corrected chi connectivity index (χ4v) is 3.22. The maximum atomic E-state index is 11.8. The van der Waals surface area contributed by atoms with Crippen LogP contribution >= 0.6 is 0 Å². The lowest BCUT2D eigenvalue weighted by molar-refractivity contribution is 0.240. The van der Waals surface area contributed by atoms with Crippen LogP contribution in [0.15, 0.2) is 48.7 Å². The van der Waals surface area contributed by atoms with Gasteiger partial charge in [-0.05, 0) is 31.2 Å². The van der Waals surface area contributed by atoms with E-state index in [2.05, 4.69) is 30.9 Å². The van der Waals surface area contributed by atoms with Crippen LogP contribution in [0, 0.1) is 0 Å². The van der Waals surface area contributed by atoms with Crippen molar-refractivity contribution in [3.63, 3.8) is 0 Å². The van der Waals surface area contributed by atoms with Gasteiger partial charge in [0.2, 0.25) is 5.95 Å². The molecule has 9 heteroatoms. The van der Waals surface area contributed by atoms with Crippen molar-refractivity contribution in [1.82, 2.24) is 30.6 Å². The molecule has 0 radical (unpaired) electrons. The van der Waals surface area contributed by atoms with E-state index in [1.54, 1.807) is 12.3 Å². The molecule has 0 unspecified atom stereocenters. The molecule has 0 bridgehead atoms. The minimum atomic E-state index is -0.291. The summed E-state index contributed by atoms with van der Waals surface area (Å²) in [6.07, 6.45) is 1.76. The summed E-state index contributed by atoms with van der Waals surface area (Å²) in [6.45, 7) is 5.90. The summed E-state index contributed by atoms with van der Waals surface area (Å²) in [7, 11) is 0. The van der Waals surface area contributed by atoms with Gasteiger partial charge in [-0.15, -0.1) is 0 Å². The van der Waals surface area contributed by atoms with Crippen LogP contribution in [0.1, 0.15) is 6.92 Å². The summed E-state index contributed by atoms with van der Waals surface area (Å²) in [5, 5.41) is 13.9. The second-order valence-electron chi connectivity index (χ2n) is 6.61. The second-order valence-corrected chi connectivity index (χ2v) is 6.61. The summed E-state index contributed by atoms with van der Waals surface area (Å²) >= 11 is 0. The number of carbonyl (C=O) groups is 1. The first-order valence-corrected chi connectivity index (χ1v) is 9.74. The molecule has 1 saturated heterocycles. The summed E-state index contributed by atoms with van der Waals surface area (Å²) in [4.78, 5) is 25.6. The maximum Gasteiger partial charge on any atom is 0.320 e. The van der Waals surface area contributed by atoms with Crippen molar-refractivity contribution in [2.45, 2.75) is 6.92 Å². The summed E-state index contributed by atoms with van der Waals surface area (Å²) < 4.78 is 0. The number of piperazine rings is 1.